The van der Waals surface area contributed by atoms with E-state index in [0.29, 0.717) is 11.1 Å². The molecule has 0 saturated heterocycles. The van der Waals surface area contributed by atoms with Crippen LogP contribution >= 0.6 is 0 Å². The van der Waals surface area contributed by atoms with Gasteiger partial charge >= 0.3 is 6.18 Å². The van der Waals surface area contributed by atoms with Crippen LogP contribution in [-0.4, -0.2) is 33.1 Å². The molecule has 4 aromatic rings. The first-order valence-corrected chi connectivity index (χ1v) is 11.4. The molecule has 198 valence electrons. The van der Waals surface area contributed by atoms with Crippen molar-refractivity contribution in [2.24, 2.45) is 0 Å². The number of anilines is 1. The Kier molecular flexibility index (Phi) is 8.30. The van der Waals surface area contributed by atoms with Crippen LogP contribution in [0.1, 0.15) is 16.7 Å². The summed E-state index contributed by atoms with van der Waals surface area (Å²) in [6.07, 6.45) is 3.43. The number of ketones is 1. The Morgan fingerprint density at radius 1 is 0.974 bits per heavy atom. The molecule has 4 rings (SSSR count). The number of para-hydroxylation sites is 1. The number of nitrogens with one attached hydrogen (secondary N) is 1. The van der Waals surface area contributed by atoms with E-state index < -0.39 is 24.3 Å². The molecule has 1 N–H and O–H groups in total. The highest BCUT2D eigenvalue weighted by atomic mass is 19.4. The fourth-order valence-electron chi connectivity index (χ4n) is 3.39. The lowest BCUT2D eigenvalue weighted by atomic mass is 10.1. The number of ether oxygens (including phenoxy) is 1. The van der Waals surface area contributed by atoms with Crippen molar-refractivity contribution in [1.29, 1.82) is 0 Å². The minimum atomic E-state index is -4.65. The number of benzene rings is 3. The van der Waals surface area contributed by atoms with Gasteiger partial charge in [0.25, 0.3) is 5.91 Å². The number of rotatable bonds is 9. The zero-order valence-electron chi connectivity index (χ0n) is 20.1. The molecule has 1 amide bonds. The highest BCUT2D eigenvalue weighted by molar-refractivity contribution is 6.04. The molecule has 1 aromatic heterocycles. The third-order valence-corrected chi connectivity index (χ3v) is 5.23. The fraction of sp³-hybridized carbons (Fsp3) is 0.0714. The van der Waals surface area contributed by atoms with Crippen molar-refractivity contribution < 1.29 is 31.9 Å². The zero-order valence-corrected chi connectivity index (χ0v) is 20.1. The van der Waals surface area contributed by atoms with Gasteiger partial charge in [-0.2, -0.15) is 18.3 Å². The molecule has 1 heterocycles. The normalized spacial score (nSPS) is 11.7. The second-order valence-electron chi connectivity index (χ2n) is 8.10. The van der Waals surface area contributed by atoms with Crippen molar-refractivity contribution in [2.75, 3.05) is 11.9 Å². The van der Waals surface area contributed by atoms with Crippen LogP contribution in [0.4, 0.5) is 23.2 Å². The minimum Gasteiger partial charge on any atom is -0.483 e. The van der Waals surface area contributed by atoms with Crippen LogP contribution in [0, 0.1) is 5.82 Å². The van der Waals surface area contributed by atoms with Gasteiger partial charge in [0.1, 0.15) is 24.2 Å². The number of alkyl halides is 3. The average Bonchev–Trinajstić information content (AvgIpc) is 3.45. The van der Waals surface area contributed by atoms with Crippen molar-refractivity contribution in [3.05, 3.63) is 114 Å². The summed E-state index contributed by atoms with van der Waals surface area (Å²) in [6, 6.07) is 15.3. The standard InChI is InChI=1S/C28H20F4N4O3/c29-22-9-5-19(6-10-22)7-11-25(37)12-8-20-3-1-2-4-26(20)39-16-27(38)35-23-13-21(28(30,31)32)14-24(15-23)36-18-33-17-34-36/h1-15,17-18H,16H2,(H,35,38)/b11-7+,12-8+. The first-order chi connectivity index (χ1) is 18.7. The highest BCUT2D eigenvalue weighted by Crippen LogP contribution is 2.33. The van der Waals surface area contributed by atoms with E-state index in [1.807, 2.05) is 0 Å². The van der Waals surface area contributed by atoms with Gasteiger partial charge in [-0.05, 0) is 60.2 Å². The summed E-state index contributed by atoms with van der Waals surface area (Å²) in [5, 5.41) is 6.23. The molecule has 0 saturated carbocycles. The molecule has 0 fully saturated rings. The Balaban J connectivity index is 1.41. The SMILES string of the molecule is O=C(/C=C/c1ccc(F)cc1)/C=C/c1ccccc1OCC(=O)Nc1cc(-n2cncn2)cc(C(F)(F)F)c1. The van der Waals surface area contributed by atoms with Crippen molar-refractivity contribution >= 4 is 29.5 Å². The molecule has 0 unspecified atom stereocenters. The van der Waals surface area contributed by atoms with Gasteiger partial charge in [-0.1, -0.05) is 36.4 Å². The summed E-state index contributed by atoms with van der Waals surface area (Å²) in [5.74, 6) is -1.13. The predicted molar refractivity (Wildman–Crippen MR) is 136 cm³/mol. The van der Waals surface area contributed by atoms with E-state index in [4.69, 9.17) is 4.74 Å². The first kappa shape index (κ1) is 27.0. The maximum Gasteiger partial charge on any atom is 0.416 e. The van der Waals surface area contributed by atoms with E-state index in [9.17, 15) is 27.2 Å². The maximum absolute atomic E-state index is 13.4. The smallest absolute Gasteiger partial charge is 0.416 e. The van der Waals surface area contributed by atoms with E-state index in [0.717, 1.165) is 16.8 Å². The van der Waals surface area contributed by atoms with E-state index in [-0.39, 0.29) is 28.7 Å². The number of halogens is 4. The summed E-state index contributed by atoms with van der Waals surface area (Å²) in [7, 11) is 0. The van der Waals surface area contributed by atoms with Crippen LogP contribution in [0.5, 0.6) is 5.75 Å². The lowest BCUT2D eigenvalue weighted by Crippen LogP contribution is -2.21. The van der Waals surface area contributed by atoms with Crippen molar-refractivity contribution in [3.63, 3.8) is 0 Å². The molecule has 0 bridgehead atoms. The summed E-state index contributed by atoms with van der Waals surface area (Å²) in [4.78, 5) is 28.4. The van der Waals surface area contributed by atoms with Gasteiger partial charge in [0.15, 0.2) is 12.4 Å². The van der Waals surface area contributed by atoms with Gasteiger partial charge in [0.2, 0.25) is 0 Å². The molecule has 11 heteroatoms. The van der Waals surface area contributed by atoms with Crippen molar-refractivity contribution in [3.8, 4) is 11.4 Å². The van der Waals surface area contributed by atoms with Crippen LogP contribution in [0.25, 0.3) is 17.8 Å². The Labute approximate surface area is 220 Å². The Hall–Kier alpha value is -5.06. The third kappa shape index (κ3) is 7.71. The van der Waals surface area contributed by atoms with Crippen LogP contribution in [0.2, 0.25) is 0 Å². The molecular formula is C28H20F4N4O3. The van der Waals surface area contributed by atoms with Crippen molar-refractivity contribution in [1.82, 2.24) is 14.8 Å². The lowest BCUT2D eigenvalue weighted by Gasteiger charge is -2.14. The molecule has 0 atom stereocenters. The molecule has 3 aromatic carbocycles. The predicted octanol–water partition coefficient (Wildman–Crippen LogP) is 5.74. The maximum atomic E-state index is 13.4. The third-order valence-electron chi connectivity index (χ3n) is 5.23. The topological polar surface area (TPSA) is 86.1 Å². The van der Waals surface area contributed by atoms with Gasteiger partial charge in [0.05, 0.1) is 11.3 Å². The van der Waals surface area contributed by atoms with Crippen LogP contribution in [0.3, 0.4) is 0 Å². The Morgan fingerprint density at radius 2 is 1.72 bits per heavy atom. The van der Waals surface area contributed by atoms with Gasteiger partial charge in [-0.25, -0.2) is 14.1 Å². The monoisotopic (exact) mass is 536 g/mol. The first-order valence-electron chi connectivity index (χ1n) is 11.4. The molecule has 0 aliphatic heterocycles. The van der Waals surface area contributed by atoms with Gasteiger partial charge in [0, 0.05) is 11.3 Å². The number of hydrogen-bond donors (Lipinski definition) is 1. The van der Waals surface area contributed by atoms with Gasteiger partial charge < -0.3 is 10.1 Å². The quantitative estimate of drug-likeness (QED) is 0.218. The zero-order chi connectivity index (χ0) is 27.8. The molecule has 0 aliphatic rings. The van der Waals surface area contributed by atoms with E-state index in [1.165, 1.54) is 61.2 Å². The van der Waals surface area contributed by atoms with Crippen LogP contribution in [0.15, 0.2) is 91.5 Å². The number of carbonyl (C=O) groups is 2. The summed E-state index contributed by atoms with van der Waals surface area (Å²) < 4.78 is 59.9. The Morgan fingerprint density at radius 3 is 2.44 bits per heavy atom. The number of carbonyl (C=O) groups excluding carboxylic acids is 2. The average molecular weight is 536 g/mol. The second kappa shape index (κ2) is 12.0. The second-order valence-corrected chi connectivity index (χ2v) is 8.10. The lowest BCUT2D eigenvalue weighted by molar-refractivity contribution is -0.137. The summed E-state index contributed by atoms with van der Waals surface area (Å²) in [5.41, 5.74) is 0.145. The summed E-state index contributed by atoms with van der Waals surface area (Å²) in [6.45, 7) is -0.502. The molecular weight excluding hydrogens is 516 g/mol. The number of allylic oxidation sites excluding steroid dienone is 2. The molecule has 0 radical (unpaired) electrons. The number of hydrogen-bond acceptors (Lipinski definition) is 5. The Bertz CT molecular complexity index is 1510. The largest absolute Gasteiger partial charge is 0.483 e. The number of aromatic nitrogens is 3. The summed E-state index contributed by atoms with van der Waals surface area (Å²) >= 11 is 0. The van der Waals surface area contributed by atoms with Crippen LogP contribution in [-0.2, 0) is 15.8 Å². The number of nitrogens with zero attached hydrogens (tertiary/aromatic N) is 3. The van der Waals surface area contributed by atoms with E-state index >= 15 is 0 Å². The molecule has 7 nitrogen and oxygen atoms in total. The molecule has 0 aliphatic carbocycles. The van der Waals surface area contributed by atoms with E-state index in [2.05, 4.69) is 15.4 Å². The minimum absolute atomic E-state index is 0.0622. The van der Waals surface area contributed by atoms with E-state index in [1.54, 1.807) is 30.3 Å². The fourth-order valence-corrected chi connectivity index (χ4v) is 3.39. The number of amides is 1. The van der Waals surface area contributed by atoms with Gasteiger partial charge in [-0.3, -0.25) is 9.59 Å². The molecule has 0 spiro atoms. The highest BCUT2D eigenvalue weighted by Gasteiger charge is 2.31. The molecule has 39 heavy (non-hydrogen) atoms. The van der Waals surface area contributed by atoms with Gasteiger partial charge in [-0.15, -0.1) is 0 Å². The van der Waals surface area contributed by atoms with Crippen LogP contribution < -0.4 is 10.1 Å². The van der Waals surface area contributed by atoms with Crippen molar-refractivity contribution in [2.45, 2.75) is 6.18 Å².